The van der Waals surface area contributed by atoms with E-state index in [-0.39, 0.29) is 23.4 Å². The van der Waals surface area contributed by atoms with Gasteiger partial charge in [0.1, 0.15) is 0 Å². The summed E-state index contributed by atoms with van der Waals surface area (Å²) < 4.78 is 5.45. The Morgan fingerprint density at radius 3 is 2.52 bits per heavy atom. The van der Waals surface area contributed by atoms with Crippen LogP contribution in [0.1, 0.15) is 36.0 Å². The largest absolute Gasteiger partial charge is 0.416 e. The summed E-state index contributed by atoms with van der Waals surface area (Å²) in [5.74, 6) is 0.738. The molecule has 1 atom stereocenters. The van der Waals surface area contributed by atoms with Crippen LogP contribution in [0.2, 0.25) is 0 Å². The molecule has 31 heavy (non-hydrogen) atoms. The van der Waals surface area contributed by atoms with E-state index in [1.54, 1.807) is 4.90 Å². The topological polar surface area (TPSA) is 76.3 Å². The van der Waals surface area contributed by atoms with Crippen LogP contribution >= 0.6 is 11.8 Å². The Morgan fingerprint density at radius 1 is 1.06 bits per heavy atom. The van der Waals surface area contributed by atoms with Crippen LogP contribution in [0, 0.1) is 5.92 Å². The lowest BCUT2D eigenvalue weighted by Gasteiger charge is -2.32. The van der Waals surface area contributed by atoms with Crippen molar-refractivity contribution >= 4 is 23.5 Å². The van der Waals surface area contributed by atoms with Gasteiger partial charge in [-0.25, -0.2) is 0 Å². The summed E-state index contributed by atoms with van der Waals surface area (Å²) in [7, 11) is 0. The molecule has 6 nitrogen and oxygen atoms in total. The molecule has 0 N–H and O–H groups in total. The van der Waals surface area contributed by atoms with Crippen molar-refractivity contribution < 1.29 is 14.0 Å². The molecule has 160 valence electrons. The van der Waals surface area contributed by atoms with Gasteiger partial charge in [-0.15, -0.1) is 10.2 Å². The fourth-order valence-corrected chi connectivity index (χ4v) is 4.45. The molecule has 0 aliphatic carbocycles. The molecular weight excluding hydrogens is 410 g/mol. The molecule has 1 aliphatic heterocycles. The second-order valence-corrected chi connectivity index (χ2v) is 8.52. The van der Waals surface area contributed by atoms with Crippen molar-refractivity contribution in [2.75, 3.05) is 18.8 Å². The number of amides is 1. The number of thioether (sulfide) groups is 1. The quantitative estimate of drug-likeness (QED) is 0.401. The number of ketones is 1. The molecular formula is C24H25N3O3S. The Morgan fingerprint density at radius 2 is 1.81 bits per heavy atom. The summed E-state index contributed by atoms with van der Waals surface area (Å²) in [6.07, 6.45) is 2.30. The molecule has 0 bridgehead atoms. The average Bonchev–Trinajstić information content (AvgIpc) is 3.31. The highest BCUT2D eigenvalue weighted by Crippen LogP contribution is 2.25. The zero-order valence-corrected chi connectivity index (χ0v) is 18.3. The van der Waals surface area contributed by atoms with E-state index in [2.05, 4.69) is 22.3 Å². The standard InChI is InChI=1S/C24H25N3O3S/c1-2-21-25-26-24(30-21)31-16-22(28)27-14-6-9-20(15-27)23(29)19-12-10-18(11-13-19)17-7-4-3-5-8-17/h3-5,7-8,10-13,20H,2,6,9,14-16H2,1H3. The monoisotopic (exact) mass is 435 g/mol. The van der Waals surface area contributed by atoms with Gasteiger partial charge < -0.3 is 9.32 Å². The number of rotatable bonds is 7. The van der Waals surface area contributed by atoms with Crippen LogP contribution in [0.15, 0.2) is 64.2 Å². The van der Waals surface area contributed by atoms with Crippen molar-refractivity contribution in [2.45, 2.75) is 31.4 Å². The molecule has 0 spiro atoms. The maximum absolute atomic E-state index is 13.1. The van der Waals surface area contributed by atoms with Crippen molar-refractivity contribution in [3.8, 4) is 11.1 Å². The maximum Gasteiger partial charge on any atom is 0.277 e. The second-order valence-electron chi connectivity index (χ2n) is 7.59. The van der Waals surface area contributed by atoms with Crippen molar-refractivity contribution in [1.82, 2.24) is 15.1 Å². The third kappa shape index (κ3) is 5.22. The van der Waals surface area contributed by atoms with E-state index in [9.17, 15) is 9.59 Å². The Labute approximate surface area is 186 Å². The fraction of sp³-hybridized carbons (Fsp3) is 0.333. The van der Waals surface area contributed by atoms with E-state index in [1.165, 1.54) is 11.8 Å². The molecule has 1 amide bonds. The van der Waals surface area contributed by atoms with Gasteiger partial charge in [0, 0.05) is 31.0 Å². The minimum Gasteiger partial charge on any atom is -0.416 e. The van der Waals surface area contributed by atoms with Gasteiger partial charge in [0.05, 0.1) is 5.75 Å². The van der Waals surface area contributed by atoms with E-state index >= 15 is 0 Å². The van der Waals surface area contributed by atoms with Crippen LogP contribution in [-0.4, -0.2) is 45.6 Å². The van der Waals surface area contributed by atoms with Crippen LogP contribution in [0.4, 0.5) is 0 Å². The molecule has 1 aromatic heterocycles. The summed E-state index contributed by atoms with van der Waals surface area (Å²) in [4.78, 5) is 27.5. The molecule has 2 aromatic carbocycles. The highest BCUT2D eigenvalue weighted by molar-refractivity contribution is 7.99. The highest BCUT2D eigenvalue weighted by atomic mass is 32.2. The molecule has 1 aliphatic rings. The van der Waals surface area contributed by atoms with Gasteiger partial charge in [-0.3, -0.25) is 9.59 Å². The van der Waals surface area contributed by atoms with E-state index in [0.29, 0.717) is 36.2 Å². The molecule has 2 heterocycles. The number of carbonyl (C=O) groups is 2. The van der Waals surface area contributed by atoms with Crippen molar-refractivity contribution in [1.29, 1.82) is 0 Å². The number of hydrogen-bond donors (Lipinski definition) is 0. The molecule has 1 saturated heterocycles. The molecule has 3 aromatic rings. The summed E-state index contributed by atoms with van der Waals surface area (Å²) in [5.41, 5.74) is 2.91. The van der Waals surface area contributed by atoms with Gasteiger partial charge in [0.2, 0.25) is 11.8 Å². The number of aryl methyl sites for hydroxylation is 1. The number of hydrogen-bond acceptors (Lipinski definition) is 6. The van der Waals surface area contributed by atoms with Crippen molar-refractivity contribution in [2.24, 2.45) is 5.92 Å². The smallest absolute Gasteiger partial charge is 0.277 e. The number of benzene rings is 2. The Kier molecular flexibility index (Phi) is 6.82. The zero-order chi connectivity index (χ0) is 21.6. The molecule has 7 heteroatoms. The minimum absolute atomic E-state index is 0.00169. The summed E-state index contributed by atoms with van der Waals surface area (Å²) in [5, 5.41) is 8.26. The van der Waals surface area contributed by atoms with Gasteiger partial charge in [0.15, 0.2) is 5.78 Å². The van der Waals surface area contributed by atoms with Crippen LogP contribution in [0.5, 0.6) is 0 Å². The second kappa shape index (κ2) is 9.92. The number of Topliss-reactive ketones (excluding diaryl/α,β-unsaturated/α-hetero) is 1. The summed E-state index contributed by atoms with van der Waals surface area (Å²) >= 11 is 1.25. The predicted octanol–water partition coefficient (Wildman–Crippen LogP) is 4.51. The number of piperidine rings is 1. The first-order chi connectivity index (χ1) is 15.1. The third-order valence-corrected chi connectivity index (χ3v) is 6.29. The molecule has 1 fully saturated rings. The first-order valence-electron chi connectivity index (χ1n) is 10.6. The van der Waals surface area contributed by atoms with Crippen LogP contribution in [-0.2, 0) is 11.2 Å². The maximum atomic E-state index is 13.1. The van der Waals surface area contributed by atoms with Crippen LogP contribution in [0.3, 0.4) is 0 Å². The van der Waals surface area contributed by atoms with Crippen LogP contribution < -0.4 is 0 Å². The van der Waals surface area contributed by atoms with E-state index < -0.39 is 0 Å². The Balaban J connectivity index is 1.35. The van der Waals surface area contributed by atoms with Crippen LogP contribution in [0.25, 0.3) is 11.1 Å². The van der Waals surface area contributed by atoms with Crippen molar-refractivity contribution in [3.05, 3.63) is 66.1 Å². The molecule has 0 saturated carbocycles. The van der Waals surface area contributed by atoms with Gasteiger partial charge in [-0.1, -0.05) is 73.3 Å². The lowest BCUT2D eigenvalue weighted by molar-refractivity contribution is -0.129. The normalized spacial score (nSPS) is 16.3. The molecule has 1 unspecified atom stereocenters. The third-order valence-electron chi connectivity index (χ3n) is 5.49. The number of aromatic nitrogens is 2. The fourth-order valence-electron chi connectivity index (χ4n) is 3.77. The van der Waals surface area contributed by atoms with E-state index in [4.69, 9.17) is 4.42 Å². The first-order valence-corrected chi connectivity index (χ1v) is 11.5. The lowest BCUT2D eigenvalue weighted by Crippen LogP contribution is -2.43. The Bertz CT molecular complexity index is 1030. The average molecular weight is 436 g/mol. The van der Waals surface area contributed by atoms with Gasteiger partial charge >= 0.3 is 0 Å². The van der Waals surface area contributed by atoms with Gasteiger partial charge in [0.25, 0.3) is 5.22 Å². The molecule has 4 rings (SSSR count). The first kappa shape index (κ1) is 21.3. The lowest BCUT2D eigenvalue weighted by atomic mass is 9.89. The SMILES string of the molecule is CCc1nnc(SCC(=O)N2CCCC(C(=O)c3ccc(-c4ccccc4)cc3)C2)o1. The molecule has 0 radical (unpaired) electrons. The van der Waals surface area contributed by atoms with E-state index in [1.807, 2.05) is 49.4 Å². The van der Waals surface area contributed by atoms with E-state index in [0.717, 1.165) is 24.0 Å². The summed E-state index contributed by atoms with van der Waals surface area (Å²) in [6, 6.07) is 17.8. The minimum atomic E-state index is -0.166. The van der Waals surface area contributed by atoms with Crippen molar-refractivity contribution in [3.63, 3.8) is 0 Å². The summed E-state index contributed by atoms with van der Waals surface area (Å²) in [6.45, 7) is 3.08. The number of nitrogens with zero attached hydrogens (tertiary/aromatic N) is 3. The zero-order valence-electron chi connectivity index (χ0n) is 17.5. The Hall–Kier alpha value is -2.93. The number of carbonyl (C=O) groups excluding carboxylic acids is 2. The van der Waals surface area contributed by atoms with Gasteiger partial charge in [-0.05, 0) is 24.0 Å². The number of likely N-dealkylation sites (tertiary alicyclic amines) is 1. The predicted molar refractivity (Wildman–Crippen MR) is 120 cm³/mol. The highest BCUT2D eigenvalue weighted by Gasteiger charge is 2.29. The van der Waals surface area contributed by atoms with Gasteiger partial charge in [-0.2, -0.15) is 0 Å².